The fourth-order valence-electron chi connectivity index (χ4n) is 2.55. The third-order valence-corrected chi connectivity index (χ3v) is 3.55. The highest BCUT2D eigenvalue weighted by Gasteiger charge is 2.20. The van der Waals surface area contributed by atoms with Gasteiger partial charge in [0.1, 0.15) is 5.76 Å². The van der Waals surface area contributed by atoms with Crippen LogP contribution in [0.3, 0.4) is 0 Å². The first-order valence-corrected chi connectivity index (χ1v) is 7.38. The topological polar surface area (TPSA) is 34.4 Å². The molecule has 1 atom stereocenters. The van der Waals surface area contributed by atoms with Crippen LogP contribution in [-0.4, -0.2) is 13.7 Å². The molecule has 0 saturated heterocycles. The molecule has 0 aliphatic rings. The quantitative estimate of drug-likeness (QED) is 0.846. The van der Waals surface area contributed by atoms with Gasteiger partial charge in [0.05, 0.1) is 13.2 Å². The van der Waals surface area contributed by atoms with Gasteiger partial charge in [-0.25, -0.2) is 0 Å². The first kappa shape index (κ1) is 14.9. The molecular weight excluding hydrogens is 250 g/mol. The van der Waals surface area contributed by atoms with Crippen molar-refractivity contribution in [2.24, 2.45) is 5.92 Å². The number of aryl methyl sites for hydroxylation is 1. The number of rotatable bonds is 6. The van der Waals surface area contributed by atoms with E-state index in [1.165, 1.54) is 5.56 Å². The summed E-state index contributed by atoms with van der Waals surface area (Å²) in [6.45, 7) is 9.67. The predicted octanol–water partition coefficient (Wildman–Crippen LogP) is 4.45. The normalized spacial score (nSPS) is 13.1. The average Bonchev–Trinajstić information content (AvgIpc) is 2.81. The van der Waals surface area contributed by atoms with Gasteiger partial charge < -0.3 is 14.5 Å². The number of ether oxygens (including phenoxy) is 1. The summed E-state index contributed by atoms with van der Waals surface area (Å²) in [7, 11) is 1.69. The molecule has 0 radical (unpaired) electrons. The van der Waals surface area contributed by atoms with Crippen LogP contribution in [0.1, 0.15) is 44.6 Å². The van der Waals surface area contributed by atoms with Crippen molar-refractivity contribution >= 4 is 11.0 Å². The summed E-state index contributed by atoms with van der Waals surface area (Å²) in [5.74, 6) is 2.28. The Balaban J connectivity index is 2.43. The maximum absolute atomic E-state index is 6.08. The molecule has 3 heteroatoms. The molecule has 1 aromatic heterocycles. The zero-order chi connectivity index (χ0) is 14.7. The Morgan fingerprint density at radius 3 is 2.60 bits per heavy atom. The van der Waals surface area contributed by atoms with E-state index in [1.807, 2.05) is 6.07 Å². The lowest BCUT2D eigenvalue weighted by atomic mass is 10.0. The van der Waals surface area contributed by atoms with Gasteiger partial charge in [-0.15, -0.1) is 0 Å². The first-order chi connectivity index (χ1) is 9.56. The van der Waals surface area contributed by atoms with Crippen LogP contribution in [0.2, 0.25) is 0 Å². The second-order valence-electron chi connectivity index (χ2n) is 5.71. The summed E-state index contributed by atoms with van der Waals surface area (Å²) in [5, 5.41) is 4.68. The smallest absolute Gasteiger partial charge is 0.176 e. The molecular formula is C17H25NO2. The van der Waals surface area contributed by atoms with Crippen molar-refractivity contribution in [2.75, 3.05) is 13.7 Å². The minimum atomic E-state index is 0.243. The lowest BCUT2D eigenvalue weighted by molar-refractivity contribution is 0.346. The lowest BCUT2D eigenvalue weighted by Gasteiger charge is -2.19. The third-order valence-electron chi connectivity index (χ3n) is 3.55. The number of hydrogen-bond donors (Lipinski definition) is 1. The van der Waals surface area contributed by atoms with Gasteiger partial charge in [-0.3, -0.25) is 0 Å². The van der Waals surface area contributed by atoms with Crippen LogP contribution < -0.4 is 10.1 Å². The molecule has 0 amide bonds. The molecule has 0 fully saturated rings. The SMILES string of the molecule is CCCNC(c1cc2cc(C)cc(OC)c2o1)C(C)C. The van der Waals surface area contributed by atoms with Crippen molar-refractivity contribution in [3.8, 4) is 5.75 Å². The van der Waals surface area contributed by atoms with Gasteiger partial charge in [0, 0.05) is 5.39 Å². The van der Waals surface area contributed by atoms with Crippen LogP contribution in [0.4, 0.5) is 0 Å². The zero-order valence-corrected chi connectivity index (χ0v) is 13.1. The molecule has 3 nitrogen and oxygen atoms in total. The van der Waals surface area contributed by atoms with E-state index in [2.05, 4.69) is 45.1 Å². The minimum Gasteiger partial charge on any atom is -0.493 e. The van der Waals surface area contributed by atoms with E-state index in [-0.39, 0.29) is 6.04 Å². The Morgan fingerprint density at radius 1 is 1.25 bits per heavy atom. The second kappa shape index (κ2) is 6.31. The molecule has 0 aliphatic carbocycles. The molecule has 1 heterocycles. The van der Waals surface area contributed by atoms with Gasteiger partial charge in [-0.1, -0.05) is 20.8 Å². The molecule has 0 bridgehead atoms. The third kappa shape index (κ3) is 2.98. The summed E-state index contributed by atoms with van der Waals surface area (Å²) in [5.41, 5.74) is 2.03. The standard InChI is InChI=1S/C17H25NO2/c1-6-7-18-16(11(2)3)14-10-13-8-12(4)9-15(19-5)17(13)20-14/h8-11,16,18H,6-7H2,1-5H3. The summed E-state index contributed by atoms with van der Waals surface area (Å²) in [6.07, 6.45) is 1.12. The van der Waals surface area contributed by atoms with Crippen molar-refractivity contribution in [3.05, 3.63) is 29.5 Å². The number of methoxy groups -OCH3 is 1. The van der Waals surface area contributed by atoms with Gasteiger partial charge in [0.25, 0.3) is 0 Å². The molecule has 1 aromatic carbocycles. The van der Waals surface area contributed by atoms with Gasteiger partial charge in [0.2, 0.25) is 0 Å². The fourth-order valence-corrected chi connectivity index (χ4v) is 2.55. The molecule has 0 spiro atoms. The molecule has 110 valence electrons. The van der Waals surface area contributed by atoms with E-state index >= 15 is 0 Å². The number of furan rings is 1. The largest absolute Gasteiger partial charge is 0.493 e. The summed E-state index contributed by atoms with van der Waals surface area (Å²) in [6, 6.07) is 6.53. The summed E-state index contributed by atoms with van der Waals surface area (Å²) in [4.78, 5) is 0. The maximum Gasteiger partial charge on any atom is 0.176 e. The number of benzene rings is 1. The Bertz CT molecular complexity index is 572. The van der Waals surface area contributed by atoms with E-state index in [0.717, 1.165) is 35.4 Å². The van der Waals surface area contributed by atoms with Crippen molar-refractivity contribution in [1.29, 1.82) is 0 Å². The highest BCUT2D eigenvalue weighted by molar-refractivity contribution is 5.84. The van der Waals surface area contributed by atoms with Crippen LogP contribution in [0.15, 0.2) is 22.6 Å². The van der Waals surface area contributed by atoms with Crippen molar-refractivity contribution in [2.45, 2.75) is 40.2 Å². The van der Waals surface area contributed by atoms with Gasteiger partial charge in [-0.05, 0) is 49.6 Å². The van der Waals surface area contributed by atoms with Gasteiger partial charge in [-0.2, -0.15) is 0 Å². The van der Waals surface area contributed by atoms with Crippen LogP contribution >= 0.6 is 0 Å². The number of fused-ring (bicyclic) bond motifs is 1. The molecule has 0 aliphatic heterocycles. The van der Waals surface area contributed by atoms with Crippen LogP contribution in [0.25, 0.3) is 11.0 Å². The Morgan fingerprint density at radius 2 is 2.00 bits per heavy atom. The molecule has 0 saturated carbocycles. The monoisotopic (exact) mass is 275 g/mol. The van der Waals surface area contributed by atoms with Crippen LogP contribution in [-0.2, 0) is 0 Å². The van der Waals surface area contributed by atoms with Crippen LogP contribution in [0.5, 0.6) is 5.75 Å². The van der Waals surface area contributed by atoms with E-state index in [1.54, 1.807) is 7.11 Å². The second-order valence-corrected chi connectivity index (χ2v) is 5.71. The van der Waals surface area contributed by atoms with Crippen molar-refractivity contribution < 1.29 is 9.15 Å². The maximum atomic E-state index is 6.08. The van der Waals surface area contributed by atoms with E-state index in [9.17, 15) is 0 Å². The van der Waals surface area contributed by atoms with E-state index in [0.29, 0.717) is 5.92 Å². The zero-order valence-electron chi connectivity index (χ0n) is 13.1. The highest BCUT2D eigenvalue weighted by atomic mass is 16.5. The van der Waals surface area contributed by atoms with Crippen molar-refractivity contribution in [1.82, 2.24) is 5.32 Å². The van der Waals surface area contributed by atoms with Crippen molar-refractivity contribution in [3.63, 3.8) is 0 Å². The Hall–Kier alpha value is -1.48. The molecule has 1 N–H and O–H groups in total. The highest BCUT2D eigenvalue weighted by Crippen LogP contribution is 2.34. The fraction of sp³-hybridized carbons (Fsp3) is 0.529. The average molecular weight is 275 g/mol. The first-order valence-electron chi connectivity index (χ1n) is 7.38. The summed E-state index contributed by atoms with van der Waals surface area (Å²) >= 11 is 0. The van der Waals surface area contributed by atoms with Gasteiger partial charge in [0.15, 0.2) is 11.3 Å². The molecule has 2 rings (SSSR count). The van der Waals surface area contributed by atoms with E-state index in [4.69, 9.17) is 9.15 Å². The number of nitrogens with one attached hydrogen (secondary N) is 1. The summed E-state index contributed by atoms with van der Waals surface area (Å²) < 4.78 is 11.5. The van der Waals surface area contributed by atoms with Gasteiger partial charge >= 0.3 is 0 Å². The Kier molecular flexibility index (Phi) is 4.71. The minimum absolute atomic E-state index is 0.243. The lowest BCUT2D eigenvalue weighted by Crippen LogP contribution is -2.25. The van der Waals surface area contributed by atoms with E-state index < -0.39 is 0 Å². The molecule has 2 aromatic rings. The number of hydrogen-bond acceptors (Lipinski definition) is 3. The van der Waals surface area contributed by atoms with Crippen LogP contribution in [0, 0.1) is 12.8 Å². The Labute approximate surface area is 121 Å². The predicted molar refractivity (Wildman–Crippen MR) is 83.4 cm³/mol. The molecule has 20 heavy (non-hydrogen) atoms. The molecule has 1 unspecified atom stereocenters.